The number of H-pyrrole nitrogens is 1. The van der Waals surface area contributed by atoms with E-state index in [0.717, 1.165) is 18.4 Å². The number of hydrogen-bond donors (Lipinski definition) is 2. The van der Waals surface area contributed by atoms with Gasteiger partial charge in [-0.2, -0.15) is 13.2 Å². The van der Waals surface area contributed by atoms with Gasteiger partial charge in [-0.05, 0) is 29.3 Å². The minimum absolute atomic E-state index is 0.0715. The van der Waals surface area contributed by atoms with E-state index in [-0.39, 0.29) is 6.42 Å². The first kappa shape index (κ1) is 19.9. The van der Waals surface area contributed by atoms with Gasteiger partial charge in [0.05, 0.1) is 23.0 Å². The summed E-state index contributed by atoms with van der Waals surface area (Å²) in [5, 5.41) is 0.681. The number of aldehydes is 1. The molecular weight excluding hydrogens is 393 g/mol. The van der Waals surface area contributed by atoms with Crippen LogP contribution in [0.3, 0.4) is 0 Å². The average molecular weight is 410 g/mol. The molecule has 0 fully saturated rings. The highest BCUT2D eigenvalue weighted by atomic mass is 32.2. The summed E-state index contributed by atoms with van der Waals surface area (Å²) in [4.78, 5) is 14.2. The van der Waals surface area contributed by atoms with Crippen molar-refractivity contribution in [2.24, 2.45) is 0 Å². The Morgan fingerprint density at radius 2 is 1.82 bits per heavy atom. The number of anilines is 1. The number of sulfonamides is 1. The molecule has 1 heterocycles. The summed E-state index contributed by atoms with van der Waals surface area (Å²) in [5.41, 5.74) is 1.37. The highest BCUT2D eigenvalue weighted by molar-refractivity contribution is 7.92. The number of hydrogen-bond acceptors (Lipinski definition) is 3. The molecule has 0 bridgehead atoms. The fourth-order valence-corrected chi connectivity index (χ4v) is 3.76. The number of aromatic amines is 1. The van der Waals surface area contributed by atoms with Gasteiger partial charge >= 0.3 is 6.18 Å². The van der Waals surface area contributed by atoms with Crippen molar-refractivity contribution in [2.75, 3.05) is 11.0 Å². The van der Waals surface area contributed by atoms with E-state index in [9.17, 15) is 26.4 Å². The number of halogens is 3. The van der Waals surface area contributed by atoms with Gasteiger partial charge in [-0.1, -0.05) is 24.3 Å². The van der Waals surface area contributed by atoms with E-state index < -0.39 is 27.7 Å². The first-order chi connectivity index (χ1) is 13.1. The molecule has 0 radical (unpaired) electrons. The smallest absolute Gasteiger partial charge is 0.359 e. The van der Waals surface area contributed by atoms with Gasteiger partial charge in [-0.25, -0.2) is 8.42 Å². The Morgan fingerprint density at radius 1 is 1.14 bits per heavy atom. The first-order valence-corrected chi connectivity index (χ1v) is 10.2. The fraction of sp³-hybridized carbons (Fsp3) is 0.211. The molecule has 0 aliphatic heterocycles. The van der Waals surface area contributed by atoms with Crippen LogP contribution in [0.25, 0.3) is 10.9 Å². The number of fused-ring (bicyclic) bond motifs is 1. The van der Waals surface area contributed by atoms with Gasteiger partial charge in [0.2, 0.25) is 10.0 Å². The van der Waals surface area contributed by atoms with Crippen LogP contribution in [0.5, 0.6) is 0 Å². The predicted molar refractivity (Wildman–Crippen MR) is 101 cm³/mol. The third-order valence-electron chi connectivity index (χ3n) is 4.39. The van der Waals surface area contributed by atoms with Crippen molar-refractivity contribution in [2.45, 2.75) is 18.5 Å². The van der Waals surface area contributed by atoms with Crippen molar-refractivity contribution >= 4 is 32.9 Å². The highest BCUT2D eigenvalue weighted by Gasteiger charge is 2.30. The second-order valence-electron chi connectivity index (χ2n) is 6.42. The number of alkyl halides is 3. The van der Waals surface area contributed by atoms with Crippen LogP contribution in [0.1, 0.15) is 29.0 Å². The lowest BCUT2D eigenvalue weighted by Gasteiger charge is -2.16. The molecular formula is C19H17F3N2O3S. The Kier molecular flexibility index (Phi) is 5.20. The maximum Gasteiger partial charge on any atom is 0.416 e. The molecule has 3 aromatic rings. The van der Waals surface area contributed by atoms with Crippen molar-refractivity contribution in [1.82, 2.24) is 4.98 Å². The predicted octanol–water partition coefficient (Wildman–Crippen LogP) is 4.28. The third-order valence-corrected chi connectivity index (χ3v) is 4.98. The number of aromatic nitrogens is 1. The lowest BCUT2D eigenvalue weighted by molar-refractivity contribution is -0.137. The highest BCUT2D eigenvalue weighted by Crippen LogP contribution is 2.37. The topological polar surface area (TPSA) is 79.0 Å². The number of carbonyl (C=O) groups excluding carboxylic acids is 1. The molecule has 0 saturated carbocycles. The molecule has 1 unspecified atom stereocenters. The third kappa shape index (κ3) is 4.19. The van der Waals surface area contributed by atoms with Gasteiger partial charge in [0.1, 0.15) is 6.29 Å². The van der Waals surface area contributed by atoms with Crippen LogP contribution in [0.2, 0.25) is 0 Å². The molecule has 1 atom stereocenters. The fourth-order valence-electron chi connectivity index (χ4n) is 3.19. The molecule has 2 N–H and O–H groups in total. The summed E-state index contributed by atoms with van der Waals surface area (Å²) in [5.74, 6) is -0.470. The second kappa shape index (κ2) is 7.31. The van der Waals surface area contributed by atoms with Crippen molar-refractivity contribution in [3.63, 3.8) is 0 Å². The van der Waals surface area contributed by atoms with E-state index in [1.54, 1.807) is 24.4 Å². The van der Waals surface area contributed by atoms with Crippen molar-refractivity contribution in [1.29, 1.82) is 0 Å². The lowest BCUT2D eigenvalue weighted by atomic mass is 9.88. The second-order valence-corrected chi connectivity index (χ2v) is 8.17. The molecule has 0 aliphatic carbocycles. The van der Waals surface area contributed by atoms with Crippen LogP contribution in [0.4, 0.5) is 18.9 Å². The molecule has 0 saturated heterocycles. The lowest BCUT2D eigenvalue weighted by Crippen LogP contribution is -2.09. The number of nitrogens with one attached hydrogen (secondary N) is 2. The summed E-state index contributed by atoms with van der Waals surface area (Å²) in [6.45, 7) is 0. The number of rotatable bonds is 6. The maximum atomic E-state index is 12.8. The Bertz CT molecular complexity index is 1100. The van der Waals surface area contributed by atoms with E-state index in [4.69, 9.17) is 0 Å². The monoisotopic (exact) mass is 410 g/mol. The Hall–Kier alpha value is -2.81. The van der Waals surface area contributed by atoms with E-state index in [2.05, 4.69) is 9.71 Å². The number of para-hydroxylation sites is 1. The standard InChI is InChI=1S/C19H17F3N2O3S/c1-28(26,27)24-17-4-2-3-15-16(11-23-18(15)17)14(9-10-25)12-5-7-13(8-6-12)19(20,21)22/h2-8,10-11,14,23-24H,9H2,1H3. The van der Waals surface area contributed by atoms with Crippen LogP contribution in [0, 0.1) is 0 Å². The van der Waals surface area contributed by atoms with Crippen LogP contribution in [-0.2, 0) is 21.0 Å². The summed E-state index contributed by atoms with van der Waals surface area (Å²) < 4.78 is 64.0. The normalized spacial score (nSPS) is 13.4. The molecule has 9 heteroatoms. The number of benzene rings is 2. The Morgan fingerprint density at radius 3 is 2.39 bits per heavy atom. The van der Waals surface area contributed by atoms with Crippen LogP contribution >= 0.6 is 0 Å². The van der Waals surface area contributed by atoms with Gasteiger partial charge in [0.25, 0.3) is 0 Å². The zero-order valence-corrected chi connectivity index (χ0v) is 15.6. The van der Waals surface area contributed by atoms with Gasteiger partial charge < -0.3 is 9.78 Å². The number of carbonyl (C=O) groups is 1. The molecule has 1 aromatic heterocycles. The largest absolute Gasteiger partial charge is 0.416 e. The van der Waals surface area contributed by atoms with E-state index in [0.29, 0.717) is 34.0 Å². The van der Waals surface area contributed by atoms with E-state index >= 15 is 0 Å². The molecule has 28 heavy (non-hydrogen) atoms. The van der Waals surface area contributed by atoms with Gasteiger partial charge in [-0.3, -0.25) is 4.72 Å². The van der Waals surface area contributed by atoms with Crippen molar-refractivity contribution in [3.05, 3.63) is 65.4 Å². The first-order valence-electron chi connectivity index (χ1n) is 8.28. The van der Waals surface area contributed by atoms with Gasteiger partial charge in [0.15, 0.2) is 0 Å². The average Bonchev–Trinajstić information content (AvgIpc) is 3.03. The minimum atomic E-state index is -4.44. The SMILES string of the molecule is CS(=O)(=O)Nc1cccc2c(C(CC=O)c3ccc(C(F)(F)F)cc3)c[nH]c12. The maximum absolute atomic E-state index is 12.8. The molecule has 0 aliphatic rings. The van der Waals surface area contributed by atoms with Gasteiger partial charge in [-0.15, -0.1) is 0 Å². The van der Waals surface area contributed by atoms with Crippen molar-refractivity contribution < 1.29 is 26.4 Å². The molecule has 0 amide bonds. The minimum Gasteiger partial charge on any atom is -0.359 e. The summed E-state index contributed by atoms with van der Waals surface area (Å²) in [7, 11) is -3.49. The van der Waals surface area contributed by atoms with E-state index in [1.807, 2.05) is 0 Å². The zero-order chi connectivity index (χ0) is 20.5. The van der Waals surface area contributed by atoms with Crippen LogP contribution in [-0.4, -0.2) is 25.9 Å². The van der Waals surface area contributed by atoms with Crippen molar-refractivity contribution in [3.8, 4) is 0 Å². The van der Waals surface area contributed by atoms with Crippen LogP contribution < -0.4 is 4.72 Å². The Balaban J connectivity index is 2.07. The van der Waals surface area contributed by atoms with E-state index in [1.165, 1.54) is 12.1 Å². The molecule has 0 spiro atoms. The van der Waals surface area contributed by atoms with Crippen LogP contribution in [0.15, 0.2) is 48.7 Å². The molecule has 3 rings (SSSR count). The molecule has 2 aromatic carbocycles. The molecule has 148 valence electrons. The quantitative estimate of drug-likeness (QED) is 0.596. The summed E-state index contributed by atoms with van der Waals surface area (Å²) in [6.07, 6.45) is -0.982. The summed E-state index contributed by atoms with van der Waals surface area (Å²) in [6, 6.07) is 9.70. The Labute approximate surface area is 159 Å². The molecule has 5 nitrogen and oxygen atoms in total. The van der Waals surface area contributed by atoms with Gasteiger partial charge in [0, 0.05) is 23.9 Å². The summed E-state index contributed by atoms with van der Waals surface area (Å²) >= 11 is 0. The zero-order valence-electron chi connectivity index (χ0n) is 14.7.